The van der Waals surface area contributed by atoms with Gasteiger partial charge in [-0.2, -0.15) is 0 Å². The zero-order valence-corrected chi connectivity index (χ0v) is 16.4. The Morgan fingerprint density at radius 3 is 2.65 bits per heavy atom. The molecule has 0 unspecified atom stereocenters. The molecular weight excluding hydrogens is 405 g/mol. The number of nitrogens with one attached hydrogen (secondary N) is 1. The first-order chi connectivity index (χ1) is 10.8. The van der Waals surface area contributed by atoms with Gasteiger partial charge in [-0.15, -0.1) is 24.0 Å². The minimum atomic E-state index is 0. The van der Waals surface area contributed by atoms with Gasteiger partial charge in [-0.3, -0.25) is 4.99 Å². The van der Waals surface area contributed by atoms with E-state index < -0.39 is 0 Å². The van der Waals surface area contributed by atoms with E-state index >= 15 is 0 Å². The number of nitrogens with zero attached hydrogens (tertiary/aromatic N) is 2. The second-order valence-corrected chi connectivity index (χ2v) is 5.58. The van der Waals surface area contributed by atoms with Gasteiger partial charge >= 0.3 is 0 Å². The predicted molar refractivity (Wildman–Crippen MR) is 105 cm³/mol. The van der Waals surface area contributed by atoms with Crippen LogP contribution in [0.15, 0.2) is 35.3 Å². The molecule has 130 valence electrons. The molecule has 0 aliphatic heterocycles. The first-order valence-corrected chi connectivity index (χ1v) is 7.97. The SMILES string of the molecule is CN=C(NCCOc1ccccc1)N(C)CCOCC1CC1.I. The molecule has 1 aromatic carbocycles. The molecule has 2 rings (SSSR count). The van der Waals surface area contributed by atoms with Crippen molar-refractivity contribution in [3.8, 4) is 5.75 Å². The van der Waals surface area contributed by atoms with E-state index in [1.54, 1.807) is 7.05 Å². The van der Waals surface area contributed by atoms with Crippen molar-refractivity contribution in [3.63, 3.8) is 0 Å². The van der Waals surface area contributed by atoms with Crippen LogP contribution < -0.4 is 10.1 Å². The third kappa shape index (κ3) is 8.41. The maximum absolute atomic E-state index is 5.66. The molecule has 1 fully saturated rings. The fourth-order valence-corrected chi connectivity index (χ4v) is 2.08. The van der Waals surface area contributed by atoms with Gasteiger partial charge in [0.25, 0.3) is 0 Å². The largest absolute Gasteiger partial charge is 0.492 e. The summed E-state index contributed by atoms with van der Waals surface area (Å²) >= 11 is 0. The molecular formula is C17H28IN3O2. The summed E-state index contributed by atoms with van der Waals surface area (Å²) in [7, 11) is 3.82. The number of ether oxygens (including phenoxy) is 2. The lowest BCUT2D eigenvalue weighted by Crippen LogP contribution is -2.42. The van der Waals surface area contributed by atoms with E-state index in [-0.39, 0.29) is 24.0 Å². The number of guanidine groups is 1. The second-order valence-electron chi connectivity index (χ2n) is 5.58. The standard InChI is InChI=1S/C17H27N3O2.HI/c1-18-17(20(2)11-13-21-14-15-8-9-15)19-10-12-22-16-6-4-3-5-7-16;/h3-7,15H,8-14H2,1-2H3,(H,18,19);1H. The van der Waals surface area contributed by atoms with Gasteiger partial charge in [-0.25, -0.2) is 0 Å². The number of para-hydroxylation sites is 1. The van der Waals surface area contributed by atoms with E-state index in [2.05, 4.69) is 15.2 Å². The van der Waals surface area contributed by atoms with E-state index in [0.29, 0.717) is 6.61 Å². The van der Waals surface area contributed by atoms with Crippen LogP contribution in [-0.2, 0) is 4.74 Å². The van der Waals surface area contributed by atoms with Gasteiger partial charge in [0.05, 0.1) is 13.2 Å². The molecule has 6 heteroatoms. The number of hydrogen-bond acceptors (Lipinski definition) is 3. The number of hydrogen-bond donors (Lipinski definition) is 1. The van der Waals surface area contributed by atoms with Crippen LogP contribution >= 0.6 is 24.0 Å². The molecule has 5 nitrogen and oxygen atoms in total. The summed E-state index contributed by atoms with van der Waals surface area (Å²) in [5, 5.41) is 3.30. The van der Waals surface area contributed by atoms with Gasteiger partial charge in [0.1, 0.15) is 12.4 Å². The number of benzene rings is 1. The van der Waals surface area contributed by atoms with Gasteiger partial charge in [0, 0.05) is 27.2 Å². The monoisotopic (exact) mass is 433 g/mol. The van der Waals surface area contributed by atoms with E-state index in [9.17, 15) is 0 Å². The summed E-state index contributed by atoms with van der Waals surface area (Å²) in [5.74, 6) is 2.57. The van der Waals surface area contributed by atoms with E-state index in [1.165, 1.54) is 12.8 Å². The maximum atomic E-state index is 5.66. The number of rotatable bonds is 9. The predicted octanol–water partition coefficient (Wildman–Crippen LogP) is 2.62. The highest BCUT2D eigenvalue weighted by Crippen LogP contribution is 2.28. The molecule has 23 heavy (non-hydrogen) atoms. The summed E-state index contributed by atoms with van der Waals surface area (Å²) in [6.45, 7) is 3.81. The van der Waals surface area contributed by atoms with Crippen molar-refractivity contribution >= 4 is 29.9 Å². The average molecular weight is 433 g/mol. The zero-order chi connectivity index (χ0) is 15.6. The lowest BCUT2D eigenvalue weighted by molar-refractivity contribution is 0.115. The van der Waals surface area contributed by atoms with Crippen LogP contribution in [0.3, 0.4) is 0 Å². The minimum Gasteiger partial charge on any atom is -0.492 e. The van der Waals surface area contributed by atoms with Crippen LogP contribution in [0.1, 0.15) is 12.8 Å². The smallest absolute Gasteiger partial charge is 0.193 e. The lowest BCUT2D eigenvalue weighted by Gasteiger charge is -2.22. The molecule has 1 saturated carbocycles. The summed E-state index contributed by atoms with van der Waals surface area (Å²) in [5.41, 5.74) is 0. The molecule has 0 bridgehead atoms. The molecule has 0 saturated heterocycles. The molecule has 1 aliphatic carbocycles. The van der Waals surface area contributed by atoms with Gasteiger partial charge < -0.3 is 19.7 Å². The number of likely N-dealkylation sites (N-methyl/N-ethyl adjacent to an activating group) is 1. The second kappa shape index (κ2) is 11.5. The summed E-state index contributed by atoms with van der Waals surface area (Å²) in [4.78, 5) is 6.36. The van der Waals surface area contributed by atoms with Crippen molar-refractivity contribution in [1.29, 1.82) is 0 Å². The van der Waals surface area contributed by atoms with Crippen molar-refractivity contribution in [3.05, 3.63) is 30.3 Å². The molecule has 0 radical (unpaired) electrons. The molecule has 0 amide bonds. The van der Waals surface area contributed by atoms with E-state index in [0.717, 1.165) is 43.9 Å². The average Bonchev–Trinajstić information content (AvgIpc) is 3.37. The summed E-state index contributed by atoms with van der Waals surface area (Å²) in [6, 6.07) is 9.83. The van der Waals surface area contributed by atoms with Crippen LogP contribution in [0, 0.1) is 5.92 Å². The Kier molecular flexibility index (Phi) is 10.0. The van der Waals surface area contributed by atoms with Crippen molar-refractivity contribution in [2.75, 3.05) is 47.0 Å². The van der Waals surface area contributed by atoms with Crippen LogP contribution in [0.5, 0.6) is 5.75 Å². The Bertz CT molecular complexity index is 452. The third-order valence-electron chi connectivity index (χ3n) is 3.59. The highest BCUT2D eigenvalue weighted by molar-refractivity contribution is 14.0. The molecule has 0 atom stereocenters. The van der Waals surface area contributed by atoms with Crippen LogP contribution in [0.25, 0.3) is 0 Å². The molecule has 1 aromatic rings. The topological polar surface area (TPSA) is 46.1 Å². The van der Waals surface area contributed by atoms with Crippen molar-refractivity contribution in [1.82, 2.24) is 10.2 Å². The summed E-state index contributed by atoms with van der Waals surface area (Å²) in [6.07, 6.45) is 2.67. The molecule has 0 spiro atoms. The fraction of sp³-hybridized carbons (Fsp3) is 0.588. The highest BCUT2D eigenvalue weighted by atomic mass is 127. The fourth-order valence-electron chi connectivity index (χ4n) is 2.08. The van der Waals surface area contributed by atoms with Gasteiger partial charge in [0.2, 0.25) is 0 Å². The van der Waals surface area contributed by atoms with Crippen molar-refractivity contribution in [2.24, 2.45) is 10.9 Å². The minimum absolute atomic E-state index is 0. The lowest BCUT2D eigenvalue weighted by atomic mass is 10.3. The number of halogens is 1. The molecule has 0 aromatic heterocycles. The number of aliphatic imine (C=N–C) groups is 1. The molecule has 1 aliphatic rings. The zero-order valence-electron chi connectivity index (χ0n) is 14.0. The first kappa shape index (κ1) is 20.0. The van der Waals surface area contributed by atoms with E-state index in [4.69, 9.17) is 9.47 Å². The van der Waals surface area contributed by atoms with Crippen LogP contribution in [0.2, 0.25) is 0 Å². The third-order valence-corrected chi connectivity index (χ3v) is 3.59. The molecule has 0 heterocycles. The Morgan fingerprint density at radius 1 is 1.26 bits per heavy atom. The van der Waals surface area contributed by atoms with Gasteiger partial charge in [-0.05, 0) is 30.9 Å². The first-order valence-electron chi connectivity index (χ1n) is 7.97. The highest BCUT2D eigenvalue weighted by Gasteiger charge is 2.21. The summed E-state index contributed by atoms with van der Waals surface area (Å²) < 4.78 is 11.3. The Morgan fingerprint density at radius 2 is 2.00 bits per heavy atom. The Balaban J connectivity index is 0.00000264. The van der Waals surface area contributed by atoms with Gasteiger partial charge in [0.15, 0.2) is 5.96 Å². The Hall–Kier alpha value is -1.02. The normalized spacial score (nSPS) is 14.1. The van der Waals surface area contributed by atoms with Crippen LogP contribution in [0.4, 0.5) is 0 Å². The van der Waals surface area contributed by atoms with Gasteiger partial charge in [-0.1, -0.05) is 18.2 Å². The maximum Gasteiger partial charge on any atom is 0.193 e. The molecule has 1 N–H and O–H groups in total. The van der Waals surface area contributed by atoms with E-state index in [1.807, 2.05) is 37.4 Å². The Labute approximate surface area is 156 Å². The van der Waals surface area contributed by atoms with Crippen molar-refractivity contribution < 1.29 is 9.47 Å². The van der Waals surface area contributed by atoms with Crippen molar-refractivity contribution in [2.45, 2.75) is 12.8 Å². The quantitative estimate of drug-likeness (QED) is 0.282. The van der Waals surface area contributed by atoms with Crippen LogP contribution in [-0.4, -0.2) is 57.9 Å².